The summed E-state index contributed by atoms with van der Waals surface area (Å²) < 4.78 is 0. The van der Waals surface area contributed by atoms with Crippen LogP contribution in [0.4, 0.5) is 5.69 Å². The zero-order valence-electron chi connectivity index (χ0n) is 17.6. The lowest BCUT2D eigenvalue weighted by Gasteiger charge is -2.22. The molecule has 0 aromatic heterocycles. The molecule has 146 valence electrons. The van der Waals surface area contributed by atoms with Gasteiger partial charge in [0, 0.05) is 5.41 Å². The SMILES string of the molecule is [C-]#[N+]c1ccc2c(c1)C(C)(C)c1cc3c(ccc4ccc(-c5ccccc5)cc43)cc1-2. The fourth-order valence-electron chi connectivity index (χ4n) is 5.15. The van der Waals surface area contributed by atoms with E-state index < -0.39 is 0 Å². The van der Waals surface area contributed by atoms with Gasteiger partial charge in [-0.1, -0.05) is 86.6 Å². The maximum absolute atomic E-state index is 7.42. The summed E-state index contributed by atoms with van der Waals surface area (Å²) in [4.78, 5) is 3.66. The van der Waals surface area contributed by atoms with E-state index in [4.69, 9.17) is 6.57 Å². The molecule has 0 atom stereocenters. The molecular formula is C30H21N. The molecule has 0 N–H and O–H groups in total. The highest BCUT2D eigenvalue weighted by Gasteiger charge is 2.35. The van der Waals surface area contributed by atoms with Gasteiger partial charge < -0.3 is 0 Å². The lowest BCUT2D eigenvalue weighted by molar-refractivity contribution is 0.661. The molecule has 0 saturated heterocycles. The molecular weight excluding hydrogens is 374 g/mol. The van der Waals surface area contributed by atoms with Crippen molar-refractivity contribution in [3.05, 3.63) is 114 Å². The molecule has 1 nitrogen and oxygen atoms in total. The lowest BCUT2D eigenvalue weighted by Crippen LogP contribution is -2.14. The standard InChI is InChI=1S/C30H21N/c1-30(2)28-17-23(31-3)13-14-24(28)27-16-22-12-10-20-9-11-21(19-7-5-4-6-8-19)15-25(20)26(22)18-29(27)30/h4-18H,1-2H3. The van der Waals surface area contributed by atoms with Gasteiger partial charge in [-0.2, -0.15) is 0 Å². The van der Waals surface area contributed by atoms with Crippen LogP contribution in [-0.4, -0.2) is 0 Å². The molecule has 0 unspecified atom stereocenters. The quantitative estimate of drug-likeness (QED) is 0.198. The monoisotopic (exact) mass is 395 g/mol. The van der Waals surface area contributed by atoms with Gasteiger partial charge in [-0.05, 0) is 73.1 Å². The molecule has 0 saturated carbocycles. The molecule has 5 aromatic rings. The van der Waals surface area contributed by atoms with Crippen LogP contribution < -0.4 is 0 Å². The molecule has 0 bridgehead atoms. The van der Waals surface area contributed by atoms with E-state index in [-0.39, 0.29) is 5.41 Å². The number of hydrogen-bond acceptors (Lipinski definition) is 0. The Labute approximate surface area is 182 Å². The van der Waals surface area contributed by atoms with Gasteiger partial charge in [0.05, 0.1) is 6.57 Å². The van der Waals surface area contributed by atoms with Crippen molar-refractivity contribution in [2.45, 2.75) is 19.3 Å². The van der Waals surface area contributed by atoms with Crippen LogP contribution in [0.15, 0.2) is 91.0 Å². The molecule has 1 aliphatic rings. The van der Waals surface area contributed by atoms with Crippen LogP contribution in [0.2, 0.25) is 0 Å². The minimum Gasteiger partial charge on any atom is -0.238 e. The topological polar surface area (TPSA) is 4.36 Å². The highest BCUT2D eigenvalue weighted by Crippen LogP contribution is 2.51. The second-order valence-electron chi connectivity index (χ2n) is 8.95. The summed E-state index contributed by atoms with van der Waals surface area (Å²) in [5.41, 5.74) is 8.21. The van der Waals surface area contributed by atoms with Gasteiger partial charge in [0.2, 0.25) is 0 Å². The smallest absolute Gasteiger partial charge is 0.187 e. The van der Waals surface area contributed by atoms with Crippen molar-refractivity contribution in [2.24, 2.45) is 0 Å². The Kier molecular flexibility index (Phi) is 3.64. The third-order valence-corrected chi connectivity index (χ3v) is 6.85. The molecule has 31 heavy (non-hydrogen) atoms. The molecule has 0 aliphatic heterocycles. The summed E-state index contributed by atoms with van der Waals surface area (Å²) in [5, 5.41) is 5.10. The van der Waals surface area contributed by atoms with E-state index in [2.05, 4.69) is 104 Å². The average Bonchev–Trinajstić information content (AvgIpc) is 3.03. The molecule has 0 fully saturated rings. The van der Waals surface area contributed by atoms with E-state index in [0.717, 1.165) is 0 Å². The number of benzene rings is 5. The summed E-state index contributed by atoms with van der Waals surface area (Å²) in [5.74, 6) is 0. The molecule has 1 aliphatic carbocycles. The molecule has 0 spiro atoms. The van der Waals surface area contributed by atoms with Gasteiger partial charge in [-0.25, -0.2) is 4.85 Å². The molecule has 0 amide bonds. The van der Waals surface area contributed by atoms with Gasteiger partial charge in [-0.15, -0.1) is 0 Å². The Hall–Kier alpha value is -3.89. The van der Waals surface area contributed by atoms with Crippen molar-refractivity contribution in [2.75, 3.05) is 0 Å². The van der Waals surface area contributed by atoms with Crippen molar-refractivity contribution in [3.63, 3.8) is 0 Å². The van der Waals surface area contributed by atoms with E-state index in [9.17, 15) is 0 Å². The van der Waals surface area contributed by atoms with Gasteiger partial charge in [0.1, 0.15) is 0 Å². The van der Waals surface area contributed by atoms with E-state index in [0.29, 0.717) is 5.69 Å². The first-order chi connectivity index (χ1) is 15.1. The highest BCUT2D eigenvalue weighted by molar-refractivity contribution is 6.10. The van der Waals surface area contributed by atoms with Crippen LogP contribution in [-0.2, 0) is 5.41 Å². The summed E-state index contributed by atoms with van der Waals surface area (Å²) in [6.07, 6.45) is 0. The first kappa shape index (κ1) is 17.9. The normalized spacial score (nSPS) is 13.7. The second kappa shape index (κ2) is 6.30. The van der Waals surface area contributed by atoms with Gasteiger partial charge >= 0.3 is 0 Å². The fourth-order valence-corrected chi connectivity index (χ4v) is 5.15. The Morgan fingerprint density at radius 1 is 0.613 bits per heavy atom. The van der Waals surface area contributed by atoms with Crippen molar-refractivity contribution in [1.29, 1.82) is 0 Å². The summed E-state index contributed by atoms with van der Waals surface area (Å²) in [6, 6.07) is 32.6. The molecule has 6 rings (SSSR count). The number of nitrogens with zero attached hydrogens (tertiary/aromatic N) is 1. The Morgan fingerprint density at radius 2 is 1.32 bits per heavy atom. The van der Waals surface area contributed by atoms with E-state index in [1.807, 2.05) is 6.07 Å². The lowest BCUT2D eigenvalue weighted by atomic mass is 9.81. The summed E-state index contributed by atoms with van der Waals surface area (Å²) >= 11 is 0. The number of rotatable bonds is 1. The minimum atomic E-state index is -0.126. The fraction of sp³-hybridized carbons (Fsp3) is 0.100. The first-order valence-electron chi connectivity index (χ1n) is 10.6. The van der Waals surface area contributed by atoms with E-state index in [1.54, 1.807) is 0 Å². The first-order valence-corrected chi connectivity index (χ1v) is 10.6. The third-order valence-electron chi connectivity index (χ3n) is 6.85. The highest BCUT2D eigenvalue weighted by atomic mass is 14.6. The van der Waals surface area contributed by atoms with Crippen LogP contribution in [0.5, 0.6) is 0 Å². The molecule has 0 radical (unpaired) electrons. The van der Waals surface area contributed by atoms with Crippen molar-refractivity contribution in [1.82, 2.24) is 0 Å². The molecule has 1 heteroatoms. The number of hydrogen-bond donors (Lipinski definition) is 0. The second-order valence-corrected chi connectivity index (χ2v) is 8.95. The van der Waals surface area contributed by atoms with Gasteiger partial charge in [0.15, 0.2) is 5.69 Å². The van der Waals surface area contributed by atoms with Crippen LogP contribution in [0.25, 0.3) is 48.6 Å². The van der Waals surface area contributed by atoms with Gasteiger partial charge in [0.25, 0.3) is 0 Å². The van der Waals surface area contributed by atoms with Crippen molar-refractivity contribution >= 4 is 27.2 Å². The predicted octanol–water partition coefficient (Wildman–Crippen LogP) is 8.52. The van der Waals surface area contributed by atoms with Crippen LogP contribution in [0, 0.1) is 6.57 Å². The Balaban J connectivity index is 1.64. The van der Waals surface area contributed by atoms with Crippen molar-refractivity contribution in [3.8, 4) is 22.3 Å². The summed E-state index contributed by atoms with van der Waals surface area (Å²) in [6.45, 7) is 12.0. The van der Waals surface area contributed by atoms with Crippen LogP contribution >= 0.6 is 0 Å². The van der Waals surface area contributed by atoms with E-state index >= 15 is 0 Å². The summed E-state index contributed by atoms with van der Waals surface area (Å²) in [7, 11) is 0. The van der Waals surface area contributed by atoms with E-state index in [1.165, 1.54) is 54.9 Å². The maximum Gasteiger partial charge on any atom is 0.187 e. The van der Waals surface area contributed by atoms with Crippen molar-refractivity contribution < 1.29 is 0 Å². The minimum absolute atomic E-state index is 0.126. The number of fused-ring (bicyclic) bond motifs is 6. The largest absolute Gasteiger partial charge is 0.238 e. The van der Waals surface area contributed by atoms with Gasteiger partial charge in [-0.3, -0.25) is 0 Å². The Bertz CT molecular complexity index is 1550. The zero-order valence-corrected chi connectivity index (χ0v) is 17.6. The van der Waals surface area contributed by atoms with Crippen LogP contribution in [0.1, 0.15) is 25.0 Å². The van der Waals surface area contributed by atoms with Crippen LogP contribution in [0.3, 0.4) is 0 Å². The zero-order chi connectivity index (χ0) is 21.2. The Morgan fingerprint density at radius 3 is 2.13 bits per heavy atom. The third kappa shape index (κ3) is 2.55. The molecule has 0 heterocycles. The maximum atomic E-state index is 7.42. The predicted molar refractivity (Wildman–Crippen MR) is 131 cm³/mol. The molecule has 5 aromatic carbocycles. The average molecular weight is 396 g/mol.